The van der Waals surface area contributed by atoms with Crippen LogP contribution in [0.25, 0.3) is 0 Å². The lowest BCUT2D eigenvalue weighted by Gasteiger charge is -2.02. The monoisotopic (exact) mass is 235 g/mol. The molecule has 0 unspecified atom stereocenters. The van der Waals surface area contributed by atoms with Gasteiger partial charge in [-0.1, -0.05) is 0 Å². The van der Waals surface area contributed by atoms with Crippen molar-refractivity contribution in [3.8, 4) is 0 Å². The molecule has 2 nitrogen and oxygen atoms in total. The van der Waals surface area contributed by atoms with E-state index in [1.807, 2.05) is 6.92 Å². The van der Waals surface area contributed by atoms with Crippen LogP contribution in [0.2, 0.25) is 0 Å². The largest absolute Gasteiger partial charge is 0.293 e. The Hall–Kier alpha value is -0.190. The van der Waals surface area contributed by atoms with Gasteiger partial charge in [-0.3, -0.25) is 9.79 Å². The van der Waals surface area contributed by atoms with Gasteiger partial charge in [0.1, 0.15) is 6.54 Å². The summed E-state index contributed by atoms with van der Waals surface area (Å²) >= 11 is 2.12. The molecule has 0 saturated heterocycles. The zero-order valence-corrected chi connectivity index (χ0v) is 7.18. The van der Waals surface area contributed by atoms with Gasteiger partial charge in [0.25, 0.3) is 0 Å². The first-order valence-corrected chi connectivity index (χ1v) is 3.69. The zero-order valence-electron chi connectivity index (χ0n) is 5.02. The Labute approximate surface area is 67.2 Å². The van der Waals surface area contributed by atoms with E-state index in [1.54, 1.807) is 6.08 Å². The number of ketones is 1. The summed E-state index contributed by atoms with van der Waals surface area (Å²) in [7, 11) is 0. The Balaban J connectivity index is 2.87. The quantitative estimate of drug-likeness (QED) is 0.582. The van der Waals surface area contributed by atoms with E-state index in [-0.39, 0.29) is 5.78 Å². The second kappa shape index (κ2) is 2.60. The van der Waals surface area contributed by atoms with Crippen LogP contribution in [-0.2, 0) is 4.79 Å². The molecule has 48 valence electrons. The molecule has 1 heterocycles. The van der Waals surface area contributed by atoms with E-state index >= 15 is 0 Å². The van der Waals surface area contributed by atoms with E-state index in [9.17, 15) is 4.79 Å². The second-order valence-electron chi connectivity index (χ2n) is 1.90. The Morgan fingerprint density at radius 1 is 1.78 bits per heavy atom. The van der Waals surface area contributed by atoms with E-state index in [0.29, 0.717) is 6.54 Å². The number of allylic oxidation sites excluding steroid dienone is 1. The summed E-state index contributed by atoms with van der Waals surface area (Å²) < 4.78 is 0.951. The van der Waals surface area contributed by atoms with Crippen molar-refractivity contribution < 1.29 is 4.79 Å². The Morgan fingerprint density at radius 2 is 2.44 bits per heavy atom. The highest BCUT2D eigenvalue weighted by Gasteiger charge is 2.06. The van der Waals surface area contributed by atoms with Crippen LogP contribution in [0.4, 0.5) is 0 Å². The van der Waals surface area contributed by atoms with Crippen molar-refractivity contribution in [3.05, 3.63) is 11.6 Å². The summed E-state index contributed by atoms with van der Waals surface area (Å²) in [5.41, 5.74) is 0.979. The normalized spacial score (nSPS) is 19.1. The average Bonchev–Trinajstić information content (AvgIpc) is 1.80. The van der Waals surface area contributed by atoms with Gasteiger partial charge >= 0.3 is 0 Å². The summed E-state index contributed by atoms with van der Waals surface area (Å²) in [4.78, 5) is 14.6. The minimum Gasteiger partial charge on any atom is -0.293 e. The Kier molecular flexibility index (Phi) is 2.00. The summed E-state index contributed by atoms with van der Waals surface area (Å²) in [6.07, 6.45) is 1.63. The fourth-order valence-corrected chi connectivity index (χ4v) is 0.945. The fraction of sp³-hybridized carbons (Fsp3) is 0.333. The molecule has 3 heteroatoms. The first-order chi connectivity index (χ1) is 4.20. The van der Waals surface area contributed by atoms with Crippen molar-refractivity contribution in [2.24, 2.45) is 4.99 Å². The summed E-state index contributed by atoms with van der Waals surface area (Å²) in [5, 5.41) is 0. The maximum atomic E-state index is 10.6. The predicted octanol–water partition coefficient (Wildman–Crippen LogP) is 1.35. The van der Waals surface area contributed by atoms with Crippen molar-refractivity contribution in [2.45, 2.75) is 6.92 Å². The van der Waals surface area contributed by atoms with Gasteiger partial charge in [0.05, 0.1) is 3.72 Å². The third-order valence-corrected chi connectivity index (χ3v) is 2.27. The number of hydrogen-bond acceptors (Lipinski definition) is 2. The SMILES string of the molecule is CC1=CC(=O)CN=C1I. The second-order valence-corrected chi connectivity index (χ2v) is 2.92. The van der Waals surface area contributed by atoms with E-state index < -0.39 is 0 Å². The van der Waals surface area contributed by atoms with Gasteiger partial charge in [0, 0.05) is 0 Å². The number of dihydropyridines is 1. The third kappa shape index (κ3) is 1.61. The molecule has 0 N–H and O–H groups in total. The van der Waals surface area contributed by atoms with Crippen LogP contribution in [-0.4, -0.2) is 16.0 Å². The molecule has 9 heavy (non-hydrogen) atoms. The van der Waals surface area contributed by atoms with Crippen LogP contribution < -0.4 is 0 Å². The molecule has 0 radical (unpaired) electrons. The zero-order chi connectivity index (χ0) is 6.85. The number of hydrogen-bond donors (Lipinski definition) is 0. The molecule has 0 aromatic carbocycles. The highest BCUT2D eigenvalue weighted by molar-refractivity contribution is 14.1. The van der Waals surface area contributed by atoms with Crippen LogP contribution in [0.3, 0.4) is 0 Å². The van der Waals surface area contributed by atoms with Crippen molar-refractivity contribution in [1.29, 1.82) is 0 Å². The van der Waals surface area contributed by atoms with Gasteiger partial charge in [-0.2, -0.15) is 0 Å². The molecule has 1 aliphatic rings. The molecule has 0 aliphatic carbocycles. The summed E-state index contributed by atoms with van der Waals surface area (Å²) in [6, 6.07) is 0. The molecule has 0 fully saturated rings. The molecular formula is C6H6INO. The molecule has 0 bridgehead atoms. The fourth-order valence-electron chi connectivity index (χ4n) is 0.619. The molecule has 0 spiro atoms. The number of aliphatic imine (C=N–C) groups is 1. The molecule has 1 aliphatic heterocycles. The minimum absolute atomic E-state index is 0.105. The Bertz CT molecular complexity index is 205. The van der Waals surface area contributed by atoms with E-state index in [2.05, 4.69) is 27.6 Å². The predicted molar refractivity (Wildman–Crippen MR) is 45.1 cm³/mol. The van der Waals surface area contributed by atoms with Gasteiger partial charge in [-0.15, -0.1) is 0 Å². The number of carbonyl (C=O) groups excluding carboxylic acids is 1. The minimum atomic E-state index is 0.105. The lowest BCUT2D eigenvalue weighted by molar-refractivity contribution is -0.113. The highest BCUT2D eigenvalue weighted by Crippen LogP contribution is 2.08. The molecule has 1 rings (SSSR count). The van der Waals surface area contributed by atoms with Crippen LogP contribution in [0, 0.1) is 0 Å². The van der Waals surface area contributed by atoms with Gasteiger partial charge in [-0.05, 0) is 41.2 Å². The van der Waals surface area contributed by atoms with Crippen molar-refractivity contribution in [3.63, 3.8) is 0 Å². The smallest absolute Gasteiger partial charge is 0.177 e. The van der Waals surface area contributed by atoms with Gasteiger partial charge in [-0.25, -0.2) is 0 Å². The number of carbonyl (C=O) groups is 1. The molecular weight excluding hydrogens is 229 g/mol. The third-order valence-electron chi connectivity index (χ3n) is 1.08. The standard InChI is InChI=1S/C6H6INO/c1-4-2-5(9)3-8-6(4)7/h2H,3H2,1H3. The maximum Gasteiger partial charge on any atom is 0.177 e. The van der Waals surface area contributed by atoms with Gasteiger partial charge in [0.2, 0.25) is 0 Å². The molecule has 0 saturated carbocycles. The van der Waals surface area contributed by atoms with E-state index in [1.165, 1.54) is 0 Å². The van der Waals surface area contributed by atoms with Crippen LogP contribution in [0.5, 0.6) is 0 Å². The molecule has 0 atom stereocenters. The van der Waals surface area contributed by atoms with E-state index in [4.69, 9.17) is 0 Å². The first-order valence-electron chi connectivity index (χ1n) is 2.61. The number of rotatable bonds is 0. The molecule has 0 aromatic rings. The lowest BCUT2D eigenvalue weighted by Crippen LogP contribution is -2.08. The number of halogens is 1. The lowest BCUT2D eigenvalue weighted by atomic mass is 10.2. The summed E-state index contributed by atoms with van der Waals surface area (Å²) in [6.45, 7) is 2.22. The maximum absolute atomic E-state index is 10.6. The van der Waals surface area contributed by atoms with Crippen molar-refractivity contribution >= 4 is 32.1 Å². The van der Waals surface area contributed by atoms with Crippen LogP contribution in [0.15, 0.2) is 16.6 Å². The van der Waals surface area contributed by atoms with E-state index in [0.717, 1.165) is 9.29 Å². The first kappa shape index (κ1) is 6.92. The van der Waals surface area contributed by atoms with Crippen molar-refractivity contribution in [1.82, 2.24) is 0 Å². The number of nitrogens with zero attached hydrogens (tertiary/aromatic N) is 1. The van der Waals surface area contributed by atoms with Gasteiger partial charge < -0.3 is 0 Å². The summed E-state index contributed by atoms with van der Waals surface area (Å²) in [5.74, 6) is 0.105. The van der Waals surface area contributed by atoms with Crippen LogP contribution >= 0.6 is 22.6 Å². The van der Waals surface area contributed by atoms with Gasteiger partial charge in [0.15, 0.2) is 5.78 Å². The molecule has 0 amide bonds. The Morgan fingerprint density at radius 3 is 2.89 bits per heavy atom. The average molecular weight is 235 g/mol. The highest BCUT2D eigenvalue weighted by atomic mass is 127. The molecule has 0 aromatic heterocycles. The van der Waals surface area contributed by atoms with Crippen molar-refractivity contribution in [2.75, 3.05) is 6.54 Å². The topological polar surface area (TPSA) is 29.4 Å². The van der Waals surface area contributed by atoms with Crippen LogP contribution in [0.1, 0.15) is 6.92 Å².